The van der Waals surface area contributed by atoms with Crippen LogP contribution in [0.1, 0.15) is 37.6 Å². The van der Waals surface area contributed by atoms with Gasteiger partial charge in [0, 0.05) is 18.5 Å². The van der Waals surface area contributed by atoms with Crippen molar-refractivity contribution in [2.45, 2.75) is 51.6 Å². The van der Waals surface area contributed by atoms with Crippen molar-refractivity contribution in [1.82, 2.24) is 15.1 Å². The van der Waals surface area contributed by atoms with Crippen molar-refractivity contribution in [2.24, 2.45) is 5.92 Å². The zero-order chi connectivity index (χ0) is 13.1. The van der Waals surface area contributed by atoms with Gasteiger partial charge in [0.2, 0.25) is 0 Å². The summed E-state index contributed by atoms with van der Waals surface area (Å²) in [6.07, 6.45) is 3.58. The quantitative estimate of drug-likeness (QED) is 0.836. The average molecular weight is 335 g/mol. The van der Waals surface area contributed by atoms with E-state index in [1.165, 1.54) is 18.5 Å². The van der Waals surface area contributed by atoms with Crippen molar-refractivity contribution in [3.8, 4) is 0 Å². The van der Waals surface area contributed by atoms with E-state index in [0.717, 1.165) is 42.1 Å². The van der Waals surface area contributed by atoms with Gasteiger partial charge in [-0.15, -0.1) is 11.6 Å². The van der Waals surface area contributed by atoms with E-state index in [2.05, 4.69) is 38.0 Å². The number of aryl methyl sites for hydroxylation is 2. The Morgan fingerprint density at radius 2 is 2.28 bits per heavy atom. The summed E-state index contributed by atoms with van der Waals surface area (Å²) in [6, 6.07) is 0. The van der Waals surface area contributed by atoms with Crippen molar-refractivity contribution < 1.29 is 0 Å². The van der Waals surface area contributed by atoms with Crippen LogP contribution in [0.25, 0.3) is 0 Å². The van der Waals surface area contributed by atoms with Crippen LogP contribution < -0.4 is 5.32 Å². The molecule has 1 aromatic heterocycles. The highest BCUT2D eigenvalue weighted by Crippen LogP contribution is 2.29. The lowest BCUT2D eigenvalue weighted by atomic mass is 10.1. The van der Waals surface area contributed by atoms with Crippen LogP contribution in [0, 0.1) is 12.8 Å². The lowest BCUT2D eigenvalue weighted by Gasteiger charge is -2.12. The Labute approximate surface area is 122 Å². The Morgan fingerprint density at radius 3 is 2.89 bits per heavy atom. The Morgan fingerprint density at radius 1 is 1.50 bits per heavy atom. The molecule has 0 amide bonds. The molecule has 0 aromatic carbocycles. The van der Waals surface area contributed by atoms with Crippen molar-refractivity contribution in [2.75, 3.05) is 6.54 Å². The molecular weight excluding hydrogens is 314 g/mol. The normalized spacial score (nSPS) is 23.8. The van der Waals surface area contributed by atoms with E-state index >= 15 is 0 Å². The van der Waals surface area contributed by atoms with E-state index in [1.54, 1.807) is 0 Å². The standard InChI is InChI=1S/C13H21BrClN3/c1-3-18-12(13(14)9(2)17-18)8-16-7-10-4-5-11(15)6-10/h10-11,16H,3-8H2,1-2H3. The highest BCUT2D eigenvalue weighted by Gasteiger charge is 2.22. The number of hydrogen-bond donors (Lipinski definition) is 1. The Balaban J connectivity index is 1.86. The van der Waals surface area contributed by atoms with Crippen LogP contribution in [-0.2, 0) is 13.1 Å². The summed E-state index contributed by atoms with van der Waals surface area (Å²) >= 11 is 9.75. The van der Waals surface area contributed by atoms with Gasteiger partial charge in [0.15, 0.2) is 0 Å². The van der Waals surface area contributed by atoms with E-state index in [-0.39, 0.29) is 0 Å². The molecule has 102 valence electrons. The highest BCUT2D eigenvalue weighted by molar-refractivity contribution is 9.10. The third-order valence-corrected chi connectivity index (χ3v) is 5.08. The molecule has 0 bridgehead atoms. The second kappa shape index (κ2) is 6.40. The van der Waals surface area contributed by atoms with Crippen LogP contribution in [-0.4, -0.2) is 21.7 Å². The zero-order valence-electron chi connectivity index (χ0n) is 11.0. The zero-order valence-corrected chi connectivity index (χ0v) is 13.4. The van der Waals surface area contributed by atoms with Gasteiger partial charge in [-0.1, -0.05) is 0 Å². The molecule has 1 aliphatic carbocycles. The van der Waals surface area contributed by atoms with Crippen LogP contribution >= 0.6 is 27.5 Å². The molecule has 2 rings (SSSR count). The van der Waals surface area contributed by atoms with Gasteiger partial charge in [-0.3, -0.25) is 4.68 Å². The topological polar surface area (TPSA) is 29.9 Å². The minimum absolute atomic E-state index is 0.395. The molecule has 1 heterocycles. The van der Waals surface area contributed by atoms with Crippen molar-refractivity contribution in [3.63, 3.8) is 0 Å². The van der Waals surface area contributed by atoms with Gasteiger partial charge >= 0.3 is 0 Å². The second-order valence-electron chi connectivity index (χ2n) is 5.07. The first-order chi connectivity index (χ1) is 8.61. The smallest absolute Gasteiger partial charge is 0.0739 e. The van der Waals surface area contributed by atoms with Gasteiger partial charge in [-0.25, -0.2) is 0 Å². The maximum absolute atomic E-state index is 6.13. The molecule has 1 N–H and O–H groups in total. The molecule has 1 fully saturated rings. The summed E-state index contributed by atoms with van der Waals surface area (Å²) in [5.41, 5.74) is 2.31. The molecular formula is C13H21BrClN3. The third kappa shape index (κ3) is 3.28. The fourth-order valence-electron chi connectivity index (χ4n) is 2.63. The first-order valence-electron chi connectivity index (χ1n) is 6.68. The van der Waals surface area contributed by atoms with Gasteiger partial charge in [-0.2, -0.15) is 5.10 Å². The van der Waals surface area contributed by atoms with Gasteiger partial charge in [0.05, 0.1) is 15.9 Å². The fraction of sp³-hybridized carbons (Fsp3) is 0.769. The molecule has 1 aromatic rings. The largest absolute Gasteiger partial charge is 0.311 e. The first kappa shape index (κ1) is 14.4. The molecule has 0 saturated heterocycles. The number of nitrogens with one attached hydrogen (secondary N) is 1. The molecule has 0 spiro atoms. The van der Waals surface area contributed by atoms with Crippen LogP contribution in [0.3, 0.4) is 0 Å². The molecule has 1 aliphatic rings. The lowest BCUT2D eigenvalue weighted by Crippen LogP contribution is -2.23. The third-order valence-electron chi connectivity index (χ3n) is 3.66. The predicted octanol–water partition coefficient (Wildman–Crippen LogP) is 3.47. The number of hydrogen-bond acceptors (Lipinski definition) is 2. The second-order valence-corrected chi connectivity index (χ2v) is 6.48. The summed E-state index contributed by atoms with van der Waals surface area (Å²) in [4.78, 5) is 0. The Hall–Kier alpha value is -0.0600. The summed E-state index contributed by atoms with van der Waals surface area (Å²) in [5.74, 6) is 0.741. The lowest BCUT2D eigenvalue weighted by molar-refractivity contribution is 0.477. The van der Waals surface area contributed by atoms with Crippen LogP contribution in [0.5, 0.6) is 0 Å². The van der Waals surface area contributed by atoms with Gasteiger partial charge in [0.1, 0.15) is 0 Å². The summed E-state index contributed by atoms with van der Waals surface area (Å²) < 4.78 is 3.20. The van der Waals surface area contributed by atoms with Crippen LogP contribution in [0.4, 0.5) is 0 Å². The van der Waals surface area contributed by atoms with Crippen molar-refractivity contribution in [1.29, 1.82) is 0 Å². The number of aromatic nitrogens is 2. The molecule has 0 radical (unpaired) electrons. The minimum atomic E-state index is 0.395. The first-order valence-corrected chi connectivity index (χ1v) is 7.91. The molecule has 18 heavy (non-hydrogen) atoms. The molecule has 2 atom stereocenters. The van der Waals surface area contributed by atoms with E-state index in [4.69, 9.17) is 11.6 Å². The Bertz CT molecular complexity index is 405. The van der Waals surface area contributed by atoms with E-state index < -0.39 is 0 Å². The maximum atomic E-state index is 6.13. The molecule has 0 aliphatic heterocycles. The number of halogens is 2. The van der Waals surface area contributed by atoms with E-state index in [0.29, 0.717) is 5.38 Å². The summed E-state index contributed by atoms with van der Waals surface area (Å²) in [7, 11) is 0. The van der Waals surface area contributed by atoms with Crippen LogP contribution in [0.2, 0.25) is 0 Å². The minimum Gasteiger partial charge on any atom is -0.311 e. The van der Waals surface area contributed by atoms with Gasteiger partial charge in [-0.05, 0) is 61.5 Å². The van der Waals surface area contributed by atoms with Gasteiger partial charge in [0.25, 0.3) is 0 Å². The Kier molecular flexibility index (Phi) is 5.10. The number of rotatable bonds is 5. The molecule has 2 unspecified atom stereocenters. The molecule has 1 saturated carbocycles. The average Bonchev–Trinajstić information content (AvgIpc) is 2.87. The summed E-state index contributed by atoms with van der Waals surface area (Å²) in [5, 5.41) is 8.44. The van der Waals surface area contributed by atoms with Crippen molar-refractivity contribution in [3.05, 3.63) is 15.9 Å². The summed E-state index contributed by atoms with van der Waals surface area (Å²) in [6.45, 7) is 7.01. The molecule has 3 nitrogen and oxygen atoms in total. The van der Waals surface area contributed by atoms with Crippen molar-refractivity contribution >= 4 is 27.5 Å². The number of alkyl halides is 1. The number of nitrogens with zero attached hydrogens (tertiary/aromatic N) is 2. The van der Waals surface area contributed by atoms with E-state index in [1.807, 2.05) is 6.92 Å². The highest BCUT2D eigenvalue weighted by atomic mass is 79.9. The molecule has 5 heteroatoms. The maximum Gasteiger partial charge on any atom is 0.0739 e. The van der Waals surface area contributed by atoms with Crippen LogP contribution in [0.15, 0.2) is 4.47 Å². The fourth-order valence-corrected chi connectivity index (χ4v) is 3.43. The SMILES string of the molecule is CCn1nc(C)c(Br)c1CNCC1CCC(Cl)C1. The predicted molar refractivity (Wildman–Crippen MR) is 79.0 cm³/mol. The van der Waals surface area contributed by atoms with E-state index in [9.17, 15) is 0 Å². The monoisotopic (exact) mass is 333 g/mol. The van der Waals surface area contributed by atoms with Gasteiger partial charge < -0.3 is 5.32 Å².